The van der Waals surface area contributed by atoms with Gasteiger partial charge in [0, 0.05) is 31.6 Å². The minimum Gasteiger partial charge on any atom is -0.493 e. The topological polar surface area (TPSA) is 179 Å². The largest absolute Gasteiger partial charge is 0.493 e. The maximum Gasteiger partial charge on any atom is 0.408 e. The summed E-state index contributed by atoms with van der Waals surface area (Å²) >= 11 is 1.26. The lowest BCUT2D eigenvalue weighted by molar-refractivity contribution is -0.154. The van der Waals surface area contributed by atoms with Crippen LogP contribution in [0.15, 0.2) is 29.5 Å². The molecule has 0 spiro atoms. The Morgan fingerprint density at radius 1 is 1.14 bits per heavy atom. The van der Waals surface area contributed by atoms with Gasteiger partial charge in [-0.2, -0.15) is 0 Å². The molecule has 3 atom stereocenters. The first-order valence-electron chi connectivity index (χ1n) is 13.5. The maximum atomic E-state index is 13.6. The van der Waals surface area contributed by atoms with Crippen LogP contribution in [0, 0.1) is 0 Å². The van der Waals surface area contributed by atoms with Gasteiger partial charge < -0.3 is 34.9 Å². The molecular weight excluding hydrogens is 584 g/mol. The van der Waals surface area contributed by atoms with Crippen molar-refractivity contribution in [1.29, 1.82) is 0 Å². The van der Waals surface area contributed by atoms with E-state index in [1.54, 1.807) is 39.0 Å². The number of thioether (sulfide) groups is 1. The number of carbonyl (C=O) groups excluding carboxylic acids is 6. The molecule has 0 aromatic heterocycles. The minimum absolute atomic E-state index is 0.118. The number of amides is 4. The van der Waals surface area contributed by atoms with Crippen LogP contribution < -0.4 is 20.7 Å². The first-order chi connectivity index (χ1) is 20.2. The SMILES string of the molecule is CC(=O)NCOC(=O)C1=C(COC(C)=O)CSC2C(NC(=O)C(NC(=O)OC(C)(C)C)c3ccc4c(c3)CCO4)C(=O)N12. The molecule has 3 N–H and O–H groups in total. The number of fused-ring (bicyclic) bond motifs is 2. The lowest BCUT2D eigenvalue weighted by atomic mass is 9.99. The van der Waals surface area contributed by atoms with Crippen LogP contribution in [0.5, 0.6) is 5.75 Å². The van der Waals surface area contributed by atoms with Crippen molar-refractivity contribution in [1.82, 2.24) is 20.9 Å². The fourth-order valence-electron chi connectivity index (χ4n) is 4.59. The molecule has 0 saturated carbocycles. The lowest BCUT2D eigenvalue weighted by Crippen LogP contribution is -2.71. The number of β-lactam (4-membered cyclic amide) rings is 1. The van der Waals surface area contributed by atoms with Crippen LogP contribution in [-0.2, 0) is 44.6 Å². The number of nitrogens with one attached hydrogen (secondary N) is 3. The van der Waals surface area contributed by atoms with Crippen LogP contribution in [-0.4, -0.2) is 83.4 Å². The molecule has 43 heavy (non-hydrogen) atoms. The van der Waals surface area contributed by atoms with Gasteiger partial charge in [-0.3, -0.25) is 24.1 Å². The van der Waals surface area contributed by atoms with Gasteiger partial charge in [-0.05, 0) is 44.0 Å². The fraction of sp³-hybridized carbons (Fsp3) is 0.500. The first-order valence-corrected chi connectivity index (χ1v) is 14.6. The van der Waals surface area contributed by atoms with Crippen molar-refractivity contribution in [3.8, 4) is 5.75 Å². The van der Waals surface area contributed by atoms with Crippen molar-refractivity contribution in [2.75, 3.05) is 25.7 Å². The highest BCUT2D eigenvalue weighted by atomic mass is 32.2. The van der Waals surface area contributed by atoms with Crippen LogP contribution in [0.4, 0.5) is 4.79 Å². The highest BCUT2D eigenvalue weighted by molar-refractivity contribution is 8.00. The van der Waals surface area contributed by atoms with Crippen LogP contribution in [0.1, 0.15) is 51.8 Å². The van der Waals surface area contributed by atoms with Gasteiger partial charge in [-0.25, -0.2) is 9.59 Å². The Kier molecular flexibility index (Phi) is 9.52. The number of nitrogens with zero attached hydrogens (tertiary/aromatic N) is 1. The molecular formula is C28H34N4O10S. The van der Waals surface area contributed by atoms with E-state index >= 15 is 0 Å². The average Bonchev–Trinajstić information content (AvgIpc) is 3.39. The number of alkyl carbamates (subject to hydrolysis) is 1. The number of esters is 2. The summed E-state index contributed by atoms with van der Waals surface area (Å²) in [5.41, 5.74) is 0.752. The Hall–Kier alpha value is -4.27. The minimum atomic E-state index is -1.20. The number of ether oxygens (including phenoxy) is 4. The molecule has 1 fully saturated rings. The van der Waals surface area contributed by atoms with Gasteiger partial charge in [0.2, 0.25) is 11.8 Å². The molecule has 1 saturated heterocycles. The molecule has 1 aromatic carbocycles. The number of hydrogen-bond acceptors (Lipinski definition) is 11. The lowest BCUT2D eigenvalue weighted by Gasteiger charge is -2.49. The summed E-state index contributed by atoms with van der Waals surface area (Å²) in [5, 5.41) is 6.97. The molecule has 3 aliphatic heterocycles. The zero-order valence-electron chi connectivity index (χ0n) is 24.4. The Labute approximate surface area is 252 Å². The highest BCUT2D eigenvalue weighted by Crippen LogP contribution is 2.41. The van der Waals surface area contributed by atoms with Gasteiger partial charge in [0.25, 0.3) is 5.91 Å². The van der Waals surface area contributed by atoms with Gasteiger partial charge in [0.1, 0.15) is 41.1 Å². The Morgan fingerprint density at radius 2 is 1.88 bits per heavy atom. The summed E-state index contributed by atoms with van der Waals surface area (Å²) in [5.74, 6) is -2.27. The summed E-state index contributed by atoms with van der Waals surface area (Å²) in [6.45, 7) is 7.37. The Bertz CT molecular complexity index is 1370. The van der Waals surface area contributed by atoms with Crippen LogP contribution >= 0.6 is 11.8 Å². The molecule has 232 valence electrons. The molecule has 3 heterocycles. The molecule has 0 radical (unpaired) electrons. The van der Waals surface area contributed by atoms with E-state index in [9.17, 15) is 28.8 Å². The predicted molar refractivity (Wildman–Crippen MR) is 151 cm³/mol. The van der Waals surface area contributed by atoms with Gasteiger partial charge in [0.15, 0.2) is 6.73 Å². The number of hydrogen-bond donors (Lipinski definition) is 3. The third kappa shape index (κ3) is 7.58. The van der Waals surface area contributed by atoms with Gasteiger partial charge in [-0.15, -0.1) is 11.8 Å². The Balaban J connectivity index is 1.54. The second-order valence-corrected chi connectivity index (χ2v) is 12.1. The summed E-state index contributed by atoms with van der Waals surface area (Å²) in [6.07, 6.45) is -0.179. The zero-order chi connectivity index (χ0) is 31.5. The van der Waals surface area contributed by atoms with E-state index in [-0.39, 0.29) is 18.1 Å². The van der Waals surface area contributed by atoms with Gasteiger partial charge in [0.05, 0.1) is 6.61 Å². The van der Waals surface area contributed by atoms with E-state index in [0.29, 0.717) is 29.9 Å². The zero-order valence-corrected chi connectivity index (χ0v) is 25.3. The fourth-order valence-corrected chi connectivity index (χ4v) is 5.92. The third-order valence-corrected chi connectivity index (χ3v) is 7.82. The summed E-state index contributed by atoms with van der Waals surface area (Å²) < 4.78 is 21.1. The second kappa shape index (κ2) is 12.9. The first kappa shape index (κ1) is 31.7. The van der Waals surface area contributed by atoms with Crippen molar-refractivity contribution in [3.63, 3.8) is 0 Å². The molecule has 15 heteroatoms. The molecule has 1 aromatic rings. The van der Waals surface area contributed by atoms with Crippen molar-refractivity contribution in [2.45, 2.75) is 64.1 Å². The number of benzene rings is 1. The standard InChI is InChI=1S/C28H34N4O10S/c1-14(33)29-13-41-26(37)22-18(11-40-15(2)34)12-43-25-21(24(36)32(22)25)30-23(35)20(31-27(38)42-28(3,4)5)17-6-7-19-16(10-17)8-9-39-19/h6-7,10,20-21,25H,8-9,11-13H2,1-5H3,(H,29,33)(H,30,35)(H,31,38). The summed E-state index contributed by atoms with van der Waals surface area (Å²) in [7, 11) is 0. The molecule has 0 bridgehead atoms. The van der Waals surface area contributed by atoms with Crippen LogP contribution in [0.3, 0.4) is 0 Å². The van der Waals surface area contributed by atoms with Crippen LogP contribution in [0.2, 0.25) is 0 Å². The van der Waals surface area contributed by atoms with Crippen molar-refractivity contribution >= 4 is 47.5 Å². The van der Waals surface area contributed by atoms with Gasteiger partial charge in [-0.1, -0.05) is 6.07 Å². The number of carbonyl (C=O) groups is 6. The predicted octanol–water partition coefficient (Wildman–Crippen LogP) is 1.04. The molecule has 3 unspecified atom stereocenters. The summed E-state index contributed by atoms with van der Waals surface area (Å²) in [4.78, 5) is 76.5. The number of rotatable bonds is 9. The molecule has 4 rings (SSSR count). The van der Waals surface area contributed by atoms with E-state index in [1.165, 1.54) is 30.5 Å². The Morgan fingerprint density at radius 3 is 2.56 bits per heavy atom. The molecule has 4 amide bonds. The monoisotopic (exact) mass is 618 g/mol. The summed E-state index contributed by atoms with van der Waals surface area (Å²) in [6, 6.07) is 2.90. The van der Waals surface area contributed by atoms with E-state index in [4.69, 9.17) is 18.9 Å². The van der Waals surface area contributed by atoms with Gasteiger partial charge >= 0.3 is 18.0 Å². The molecule has 3 aliphatic rings. The van der Waals surface area contributed by atoms with Crippen LogP contribution in [0.25, 0.3) is 0 Å². The second-order valence-electron chi connectivity index (χ2n) is 11.0. The van der Waals surface area contributed by atoms with Crippen molar-refractivity contribution in [2.24, 2.45) is 0 Å². The average molecular weight is 619 g/mol. The van der Waals surface area contributed by atoms with E-state index < -0.39 is 65.5 Å². The molecule has 14 nitrogen and oxygen atoms in total. The van der Waals surface area contributed by atoms with E-state index in [2.05, 4.69) is 16.0 Å². The normalized spacial score (nSPS) is 19.6. The van der Waals surface area contributed by atoms with E-state index in [1.807, 2.05) is 0 Å². The van der Waals surface area contributed by atoms with E-state index in [0.717, 1.165) is 5.56 Å². The van der Waals surface area contributed by atoms with Crippen molar-refractivity contribution < 1.29 is 47.7 Å². The maximum absolute atomic E-state index is 13.6. The highest BCUT2D eigenvalue weighted by Gasteiger charge is 2.55. The van der Waals surface area contributed by atoms with Crippen molar-refractivity contribution in [3.05, 3.63) is 40.6 Å². The smallest absolute Gasteiger partial charge is 0.408 e. The quantitative estimate of drug-likeness (QED) is 0.156. The molecule has 0 aliphatic carbocycles. The third-order valence-electron chi connectivity index (χ3n) is 6.48.